The van der Waals surface area contributed by atoms with Crippen LogP contribution >= 0.6 is 0 Å². The number of rotatable bonds is 4. The Morgan fingerprint density at radius 2 is 1.78 bits per heavy atom. The molecule has 116 valence electrons. The van der Waals surface area contributed by atoms with Gasteiger partial charge in [0, 0.05) is 0 Å². The minimum absolute atomic E-state index is 0.136. The smallest absolute Gasteiger partial charge is 0.344 e. The Labute approximate surface area is 133 Å². The standard InChI is InChI=1S/C19H16O4/c1-22-17-10-9-13(12-20)11-18(17)23-19(21)16-8-4-6-14-5-2-3-7-15(14)16/h2-11,20H,12H2,1H3. The number of methoxy groups -OCH3 is 1. The summed E-state index contributed by atoms with van der Waals surface area (Å²) >= 11 is 0. The predicted molar refractivity (Wildman–Crippen MR) is 87.8 cm³/mol. The van der Waals surface area contributed by atoms with Gasteiger partial charge in [-0.1, -0.05) is 42.5 Å². The van der Waals surface area contributed by atoms with Crippen LogP contribution in [0.3, 0.4) is 0 Å². The molecule has 0 unspecified atom stereocenters. The summed E-state index contributed by atoms with van der Waals surface area (Å²) in [5, 5.41) is 11.0. The molecule has 0 aliphatic rings. The Kier molecular flexibility index (Phi) is 4.26. The zero-order valence-electron chi connectivity index (χ0n) is 12.7. The number of aliphatic hydroxyl groups is 1. The summed E-state index contributed by atoms with van der Waals surface area (Å²) < 4.78 is 10.7. The molecule has 0 aliphatic heterocycles. The highest BCUT2D eigenvalue weighted by atomic mass is 16.6. The average molecular weight is 308 g/mol. The summed E-state index contributed by atoms with van der Waals surface area (Å²) in [5.41, 5.74) is 1.13. The minimum Gasteiger partial charge on any atom is -0.493 e. The Morgan fingerprint density at radius 1 is 1.00 bits per heavy atom. The molecule has 0 atom stereocenters. The van der Waals surface area contributed by atoms with E-state index in [0.717, 1.165) is 10.8 Å². The summed E-state index contributed by atoms with van der Waals surface area (Å²) in [6, 6.07) is 18.1. The lowest BCUT2D eigenvalue weighted by molar-refractivity contribution is 0.0731. The third-order valence-electron chi connectivity index (χ3n) is 3.62. The number of ether oxygens (including phenoxy) is 2. The average Bonchev–Trinajstić information content (AvgIpc) is 2.61. The predicted octanol–water partition coefficient (Wildman–Crippen LogP) is 3.56. The third kappa shape index (κ3) is 3.03. The number of aliphatic hydroxyl groups excluding tert-OH is 1. The van der Waals surface area contributed by atoms with E-state index in [9.17, 15) is 9.90 Å². The topological polar surface area (TPSA) is 55.8 Å². The van der Waals surface area contributed by atoms with Gasteiger partial charge >= 0.3 is 5.97 Å². The Balaban J connectivity index is 1.98. The molecule has 0 bridgehead atoms. The Morgan fingerprint density at radius 3 is 2.57 bits per heavy atom. The van der Waals surface area contributed by atoms with Crippen molar-refractivity contribution in [3.05, 3.63) is 71.8 Å². The van der Waals surface area contributed by atoms with Gasteiger partial charge in [0.25, 0.3) is 0 Å². The van der Waals surface area contributed by atoms with E-state index in [-0.39, 0.29) is 12.4 Å². The van der Waals surface area contributed by atoms with Crippen LogP contribution in [0.4, 0.5) is 0 Å². The van der Waals surface area contributed by atoms with Crippen LogP contribution in [-0.2, 0) is 6.61 Å². The normalized spacial score (nSPS) is 10.5. The molecule has 3 aromatic carbocycles. The zero-order chi connectivity index (χ0) is 16.2. The lowest BCUT2D eigenvalue weighted by atomic mass is 10.0. The van der Waals surface area contributed by atoms with E-state index in [2.05, 4.69) is 0 Å². The van der Waals surface area contributed by atoms with Crippen molar-refractivity contribution in [3.8, 4) is 11.5 Å². The summed E-state index contributed by atoms with van der Waals surface area (Å²) in [6.45, 7) is -0.136. The van der Waals surface area contributed by atoms with Crippen LogP contribution < -0.4 is 9.47 Å². The van der Waals surface area contributed by atoms with Crippen LogP contribution in [0, 0.1) is 0 Å². The maximum atomic E-state index is 12.6. The molecule has 0 heterocycles. The van der Waals surface area contributed by atoms with Crippen molar-refractivity contribution in [2.45, 2.75) is 6.61 Å². The van der Waals surface area contributed by atoms with Crippen LogP contribution in [-0.4, -0.2) is 18.2 Å². The summed E-state index contributed by atoms with van der Waals surface area (Å²) in [7, 11) is 1.50. The molecule has 0 fully saturated rings. The molecule has 0 aromatic heterocycles. The number of carbonyl (C=O) groups excluding carboxylic acids is 1. The molecular weight excluding hydrogens is 292 g/mol. The van der Waals surface area contributed by atoms with Gasteiger partial charge in [-0.3, -0.25) is 0 Å². The first kappa shape index (κ1) is 15.1. The maximum absolute atomic E-state index is 12.6. The molecule has 3 rings (SSSR count). The Hall–Kier alpha value is -2.85. The fraction of sp³-hybridized carbons (Fsp3) is 0.105. The minimum atomic E-state index is -0.463. The second kappa shape index (κ2) is 6.50. The Bertz CT molecular complexity index is 850. The summed E-state index contributed by atoms with van der Waals surface area (Å²) in [4.78, 5) is 12.6. The zero-order valence-corrected chi connectivity index (χ0v) is 12.7. The first-order chi connectivity index (χ1) is 11.2. The largest absolute Gasteiger partial charge is 0.493 e. The second-order valence-corrected chi connectivity index (χ2v) is 5.06. The molecule has 0 radical (unpaired) electrons. The van der Waals surface area contributed by atoms with Crippen molar-refractivity contribution < 1.29 is 19.4 Å². The van der Waals surface area contributed by atoms with Crippen LogP contribution in [0.25, 0.3) is 10.8 Å². The van der Waals surface area contributed by atoms with Crippen LogP contribution in [0.1, 0.15) is 15.9 Å². The maximum Gasteiger partial charge on any atom is 0.344 e. The first-order valence-corrected chi connectivity index (χ1v) is 7.20. The van der Waals surface area contributed by atoms with Gasteiger partial charge < -0.3 is 14.6 Å². The number of fused-ring (bicyclic) bond motifs is 1. The molecule has 0 spiro atoms. The summed E-state index contributed by atoms with van der Waals surface area (Å²) in [5.74, 6) is 0.267. The molecule has 0 aliphatic carbocycles. The van der Waals surface area contributed by atoms with Crippen molar-refractivity contribution in [2.75, 3.05) is 7.11 Å². The van der Waals surface area contributed by atoms with E-state index in [0.29, 0.717) is 16.9 Å². The van der Waals surface area contributed by atoms with E-state index in [4.69, 9.17) is 9.47 Å². The quantitative estimate of drug-likeness (QED) is 0.591. The van der Waals surface area contributed by atoms with E-state index in [1.165, 1.54) is 7.11 Å². The lowest BCUT2D eigenvalue weighted by Gasteiger charge is -2.11. The molecule has 23 heavy (non-hydrogen) atoms. The van der Waals surface area contributed by atoms with Crippen LogP contribution in [0.2, 0.25) is 0 Å². The van der Waals surface area contributed by atoms with Gasteiger partial charge in [0.15, 0.2) is 11.5 Å². The third-order valence-corrected chi connectivity index (χ3v) is 3.62. The highest BCUT2D eigenvalue weighted by Crippen LogP contribution is 2.29. The van der Waals surface area contributed by atoms with Gasteiger partial charge in [-0.25, -0.2) is 4.79 Å². The number of hydrogen-bond donors (Lipinski definition) is 1. The lowest BCUT2D eigenvalue weighted by Crippen LogP contribution is -2.10. The monoisotopic (exact) mass is 308 g/mol. The second-order valence-electron chi connectivity index (χ2n) is 5.06. The highest BCUT2D eigenvalue weighted by molar-refractivity contribution is 6.05. The number of esters is 1. The molecule has 4 nitrogen and oxygen atoms in total. The molecule has 0 amide bonds. The van der Waals surface area contributed by atoms with Crippen molar-refractivity contribution >= 4 is 16.7 Å². The van der Waals surface area contributed by atoms with Crippen LogP contribution in [0.15, 0.2) is 60.7 Å². The van der Waals surface area contributed by atoms with E-state index in [1.54, 1.807) is 24.3 Å². The molecule has 1 N–H and O–H groups in total. The van der Waals surface area contributed by atoms with Crippen molar-refractivity contribution in [1.82, 2.24) is 0 Å². The summed E-state index contributed by atoms with van der Waals surface area (Å²) in [6.07, 6.45) is 0. The van der Waals surface area contributed by atoms with Gasteiger partial charge in [-0.15, -0.1) is 0 Å². The van der Waals surface area contributed by atoms with Gasteiger partial charge in [0.1, 0.15) is 0 Å². The van der Waals surface area contributed by atoms with Gasteiger partial charge in [0.2, 0.25) is 0 Å². The van der Waals surface area contributed by atoms with Gasteiger partial charge in [0.05, 0.1) is 19.3 Å². The van der Waals surface area contributed by atoms with Crippen molar-refractivity contribution in [3.63, 3.8) is 0 Å². The molecule has 3 aromatic rings. The number of hydrogen-bond acceptors (Lipinski definition) is 4. The van der Waals surface area contributed by atoms with Crippen molar-refractivity contribution in [2.24, 2.45) is 0 Å². The number of benzene rings is 3. The SMILES string of the molecule is COc1ccc(CO)cc1OC(=O)c1cccc2ccccc12. The van der Waals surface area contributed by atoms with Crippen molar-refractivity contribution in [1.29, 1.82) is 0 Å². The molecule has 0 saturated carbocycles. The molecule has 0 saturated heterocycles. The number of carbonyl (C=O) groups is 1. The van der Waals surface area contributed by atoms with Gasteiger partial charge in [-0.2, -0.15) is 0 Å². The first-order valence-electron chi connectivity index (χ1n) is 7.20. The van der Waals surface area contributed by atoms with E-state index >= 15 is 0 Å². The fourth-order valence-corrected chi connectivity index (χ4v) is 2.46. The highest BCUT2D eigenvalue weighted by Gasteiger charge is 2.15. The van der Waals surface area contributed by atoms with Gasteiger partial charge in [-0.05, 0) is 34.5 Å². The molecular formula is C19H16O4. The van der Waals surface area contributed by atoms with Crippen LogP contribution in [0.5, 0.6) is 11.5 Å². The molecule has 4 heteroatoms. The van der Waals surface area contributed by atoms with E-state index < -0.39 is 5.97 Å². The van der Waals surface area contributed by atoms with E-state index in [1.807, 2.05) is 36.4 Å². The fourth-order valence-electron chi connectivity index (χ4n) is 2.46.